The zero-order chi connectivity index (χ0) is 8.48. The van der Waals surface area contributed by atoms with Crippen LogP contribution in [0.2, 0.25) is 0 Å². The maximum atomic E-state index is 10.6. The quantitative estimate of drug-likeness (QED) is 0.606. The molecule has 1 aliphatic heterocycles. The molecule has 0 N–H and O–H groups in total. The molecule has 0 saturated carbocycles. The van der Waals surface area contributed by atoms with Crippen LogP contribution in [0, 0.1) is 5.92 Å². The van der Waals surface area contributed by atoms with Gasteiger partial charge in [-0.2, -0.15) is 0 Å². The first-order valence-corrected chi connectivity index (χ1v) is 6.06. The Morgan fingerprint density at radius 2 is 2.27 bits per heavy atom. The van der Waals surface area contributed by atoms with E-state index in [1.54, 1.807) is 0 Å². The minimum absolute atomic E-state index is 0.124. The number of hydrogen-bond donors (Lipinski definition) is 0. The molecule has 1 fully saturated rings. The number of halogens is 1. The first-order chi connectivity index (χ1) is 4.97. The molecule has 1 atom stereocenters. The SMILES string of the molecule is CN1CCC(CS(=O)(=O)Cl)C1. The van der Waals surface area contributed by atoms with Crippen molar-refractivity contribution in [2.24, 2.45) is 5.92 Å². The van der Waals surface area contributed by atoms with Crippen molar-refractivity contribution >= 4 is 19.7 Å². The fraction of sp³-hybridized carbons (Fsp3) is 1.00. The molecule has 3 nitrogen and oxygen atoms in total. The molecule has 1 aliphatic rings. The van der Waals surface area contributed by atoms with Gasteiger partial charge in [0.15, 0.2) is 0 Å². The van der Waals surface area contributed by atoms with Gasteiger partial charge in [0.05, 0.1) is 5.75 Å². The third kappa shape index (κ3) is 3.40. The minimum Gasteiger partial charge on any atom is -0.306 e. The fourth-order valence-electron chi connectivity index (χ4n) is 1.44. The third-order valence-corrected chi connectivity index (χ3v) is 3.17. The fourth-order valence-corrected chi connectivity index (χ4v) is 2.81. The van der Waals surface area contributed by atoms with E-state index in [2.05, 4.69) is 4.90 Å². The number of rotatable bonds is 2. The predicted molar refractivity (Wildman–Crippen MR) is 45.2 cm³/mol. The molecule has 0 amide bonds. The van der Waals surface area contributed by atoms with E-state index in [1.807, 2.05) is 7.05 Å². The third-order valence-electron chi connectivity index (χ3n) is 1.92. The Morgan fingerprint density at radius 3 is 2.64 bits per heavy atom. The van der Waals surface area contributed by atoms with E-state index in [9.17, 15) is 8.42 Å². The van der Waals surface area contributed by atoms with E-state index in [0.29, 0.717) is 0 Å². The Hall–Kier alpha value is 0.200. The molecule has 0 radical (unpaired) electrons. The molecule has 1 heterocycles. The average Bonchev–Trinajstić information content (AvgIpc) is 2.10. The Labute approximate surface area is 71.8 Å². The zero-order valence-electron chi connectivity index (χ0n) is 6.46. The molecular weight excluding hydrogens is 186 g/mol. The Bertz CT molecular complexity index is 227. The molecule has 0 aromatic heterocycles. The summed E-state index contributed by atoms with van der Waals surface area (Å²) in [4.78, 5) is 2.12. The summed E-state index contributed by atoms with van der Waals surface area (Å²) in [7, 11) is 3.82. The van der Waals surface area contributed by atoms with Gasteiger partial charge in [-0.3, -0.25) is 0 Å². The van der Waals surface area contributed by atoms with Gasteiger partial charge in [0, 0.05) is 17.2 Å². The van der Waals surface area contributed by atoms with Crippen molar-refractivity contribution in [2.75, 3.05) is 25.9 Å². The van der Waals surface area contributed by atoms with Gasteiger partial charge in [-0.1, -0.05) is 0 Å². The highest BCUT2D eigenvalue weighted by atomic mass is 35.7. The molecule has 0 aromatic rings. The van der Waals surface area contributed by atoms with Gasteiger partial charge < -0.3 is 4.90 Å². The van der Waals surface area contributed by atoms with Crippen LogP contribution in [-0.4, -0.2) is 39.2 Å². The highest BCUT2D eigenvalue weighted by molar-refractivity contribution is 8.13. The van der Waals surface area contributed by atoms with Crippen LogP contribution in [0.4, 0.5) is 0 Å². The van der Waals surface area contributed by atoms with Gasteiger partial charge in [-0.05, 0) is 25.9 Å². The summed E-state index contributed by atoms with van der Waals surface area (Å²) in [6, 6.07) is 0. The van der Waals surface area contributed by atoms with E-state index in [-0.39, 0.29) is 11.7 Å². The summed E-state index contributed by atoms with van der Waals surface area (Å²) in [6.45, 7) is 1.84. The molecule has 1 rings (SSSR count). The predicted octanol–water partition coefficient (Wildman–Crippen LogP) is 0.507. The number of nitrogens with zero attached hydrogens (tertiary/aromatic N) is 1. The van der Waals surface area contributed by atoms with Gasteiger partial charge in [-0.15, -0.1) is 0 Å². The summed E-state index contributed by atoms with van der Waals surface area (Å²) in [5, 5.41) is 0. The minimum atomic E-state index is -3.29. The largest absolute Gasteiger partial charge is 0.306 e. The van der Waals surface area contributed by atoms with Gasteiger partial charge >= 0.3 is 0 Å². The lowest BCUT2D eigenvalue weighted by Gasteiger charge is -2.07. The maximum Gasteiger partial charge on any atom is 0.232 e. The van der Waals surface area contributed by atoms with Crippen LogP contribution in [0.3, 0.4) is 0 Å². The Morgan fingerprint density at radius 1 is 1.64 bits per heavy atom. The molecule has 0 spiro atoms. The molecule has 1 unspecified atom stereocenters. The van der Waals surface area contributed by atoms with Crippen LogP contribution in [0.1, 0.15) is 6.42 Å². The maximum absolute atomic E-state index is 10.6. The van der Waals surface area contributed by atoms with Crippen molar-refractivity contribution in [3.63, 3.8) is 0 Å². The van der Waals surface area contributed by atoms with Crippen molar-refractivity contribution in [1.82, 2.24) is 4.90 Å². The van der Waals surface area contributed by atoms with Crippen LogP contribution < -0.4 is 0 Å². The lowest BCUT2D eigenvalue weighted by molar-refractivity contribution is 0.402. The van der Waals surface area contributed by atoms with E-state index in [1.165, 1.54) is 0 Å². The van der Waals surface area contributed by atoms with Crippen LogP contribution in [0.5, 0.6) is 0 Å². The van der Waals surface area contributed by atoms with Gasteiger partial charge in [-0.25, -0.2) is 8.42 Å². The Balaban J connectivity index is 2.41. The number of likely N-dealkylation sites (tertiary alicyclic amines) is 1. The molecule has 11 heavy (non-hydrogen) atoms. The molecule has 66 valence electrons. The molecule has 0 bridgehead atoms. The topological polar surface area (TPSA) is 37.4 Å². The van der Waals surface area contributed by atoms with Crippen molar-refractivity contribution in [1.29, 1.82) is 0 Å². The van der Waals surface area contributed by atoms with E-state index >= 15 is 0 Å². The van der Waals surface area contributed by atoms with Crippen molar-refractivity contribution < 1.29 is 8.42 Å². The van der Waals surface area contributed by atoms with Crippen LogP contribution in [-0.2, 0) is 9.05 Å². The lowest BCUT2D eigenvalue weighted by atomic mass is 10.2. The normalized spacial score (nSPS) is 27.6. The molecule has 0 aromatic carbocycles. The summed E-state index contributed by atoms with van der Waals surface area (Å²) in [6.07, 6.45) is 0.947. The second kappa shape index (κ2) is 3.29. The molecule has 1 saturated heterocycles. The van der Waals surface area contributed by atoms with E-state index in [4.69, 9.17) is 10.7 Å². The molecule has 5 heteroatoms. The summed E-state index contributed by atoms with van der Waals surface area (Å²) in [5.41, 5.74) is 0. The monoisotopic (exact) mass is 197 g/mol. The highest BCUT2D eigenvalue weighted by Gasteiger charge is 2.23. The van der Waals surface area contributed by atoms with Gasteiger partial charge in [0.1, 0.15) is 0 Å². The number of hydrogen-bond acceptors (Lipinski definition) is 3. The van der Waals surface area contributed by atoms with Crippen LogP contribution >= 0.6 is 10.7 Å². The van der Waals surface area contributed by atoms with Crippen molar-refractivity contribution in [2.45, 2.75) is 6.42 Å². The Kier molecular flexibility index (Phi) is 2.78. The summed E-state index contributed by atoms with van der Waals surface area (Å²) < 4.78 is 21.3. The van der Waals surface area contributed by atoms with E-state index < -0.39 is 9.05 Å². The second-order valence-corrected chi connectivity index (χ2v) is 5.94. The highest BCUT2D eigenvalue weighted by Crippen LogP contribution is 2.17. The lowest BCUT2D eigenvalue weighted by Crippen LogP contribution is -2.17. The standard InChI is InChI=1S/C6H12ClNO2S/c1-8-3-2-6(4-8)5-11(7,9)10/h6H,2-5H2,1H3. The first-order valence-electron chi connectivity index (χ1n) is 3.58. The average molecular weight is 198 g/mol. The summed E-state index contributed by atoms with van der Waals surface area (Å²) >= 11 is 0. The van der Waals surface area contributed by atoms with Crippen LogP contribution in [0.15, 0.2) is 0 Å². The summed E-state index contributed by atoms with van der Waals surface area (Å²) in [5.74, 6) is 0.362. The molecular formula is C6H12ClNO2S. The van der Waals surface area contributed by atoms with Crippen LogP contribution in [0.25, 0.3) is 0 Å². The van der Waals surface area contributed by atoms with Gasteiger partial charge in [0.25, 0.3) is 0 Å². The van der Waals surface area contributed by atoms with Crippen molar-refractivity contribution in [3.8, 4) is 0 Å². The second-order valence-electron chi connectivity index (χ2n) is 3.12. The van der Waals surface area contributed by atoms with Gasteiger partial charge in [0.2, 0.25) is 9.05 Å². The first kappa shape index (κ1) is 9.29. The smallest absolute Gasteiger partial charge is 0.232 e. The van der Waals surface area contributed by atoms with Crippen molar-refractivity contribution in [3.05, 3.63) is 0 Å². The molecule has 0 aliphatic carbocycles. The zero-order valence-corrected chi connectivity index (χ0v) is 8.03. The van der Waals surface area contributed by atoms with E-state index in [0.717, 1.165) is 19.5 Å².